The van der Waals surface area contributed by atoms with E-state index in [0.717, 1.165) is 4.90 Å². The number of hydrogen-bond acceptors (Lipinski definition) is 6. The number of thioether (sulfide) groups is 1. The number of carbonyl (C=O) groups is 3. The molecule has 2 heterocycles. The summed E-state index contributed by atoms with van der Waals surface area (Å²) >= 11 is 1.45. The number of rotatable bonds is 8. The molecule has 1 fully saturated rings. The number of nitrogens with zero attached hydrogens (tertiary/aromatic N) is 3. The van der Waals surface area contributed by atoms with Crippen molar-refractivity contribution >= 4 is 35.4 Å². The molecule has 0 aliphatic carbocycles. The molecule has 0 saturated carbocycles. The number of amides is 3. The first-order chi connectivity index (χ1) is 15.0. The Morgan fingerprint density at radius 2 is 1.90 bits per heavy atom. The Morgan fingerprint density at radius 3 is 2.61 bits per heavy atom. The van der Waals surface area contributed by atoms with Crippen LogP contribution in [0.15, 0.2) is 47.6 Å². The predicted molar refractivity (Wildman–Crippen MR) is 118 cm³/mol. The van der Waals surface area contributed by atoms with Crippen molar-refractivity contribution in [1.82, 2.24) is 20.0 Å². The minimum absolute atomic E-state index is 0.0166. The van der Waals surface area contributed by atoms with Gasteiger partial charge in [-0.1, -0.05) is 18.2 Å². The van der Waals surface area contributed by atoms with E-state index in [-0.39, 0.29) is 30.5 Å². The molecule has 0 atom stereocenters. The van der Waals surface area contributed by atoms with E-state index in [9.17, 15) is 14.4 Å². The van der Waals surface area contributed by atoms with Crippen LogP contribution in [0.4, 0.5) is 10.5 Å². The van der Waals surface area contributed by atoms with E-state index in [1.807, 2.05) is 30.3 Å². The van der Waals surface area contributed by atoms with Crippen LogP contribution in [0.2, 0.25) is 0 Å². The lowest BCUT2D eigenvalue weighted by molar-refractivity contribution is -0.122. The van der Waals surface area contributed by atoms with E-state index in [1.54, 1.807) is 18.0 Å². The highest BCUT2D eigenvalue weighted by molar-refractivity contribution is 8.00. The molecular formula is C21H27N5O4S. The number of hydrogen-bond donors (Lipinski definition) is 2. The van der Waals surface area contributed by atoms with Crippen molar-refractivity contribution in [2.24, 2.45) is 0 Å². The summed E-state index contributed by atoms with van der Waals surface area (Å²) in [7, 11) is 0. The zero-order valence-electron chi connectivity index (χ0n) is 17.5. The van der Waals surface area contributed by atoms with Crippen LogP contribution in [-0.2, 0) is 20.9 Å². The van der Waals surface area contributed by atoms with E-state index in [4.69, 9.17) is 4.74 Å². The van der Waals surface area contributed by atoms with Crippen molar-refractivity contribution in [3.63, 3.8) is 0 Å². The standard InChI is InChI=1S/C21H27N5O4S/c1-2-30-21(29)25-10-8-16(9-11-25)23-19(27)14-26-13-17(12-22-26)24-20(28)15-31-18-6-4-3-5-7-18/h3-7,12-13,16H,2,8-11,14-15H2,1H3,(H,23,27)(H,24,28). The Bertz CT molecular complexity index is 881. The first-order valence-corrected chi connectivity index (χ1v) is 11.2. The summed E-state index contributed by atoms with van der Waals surface area (Å²) in [6, 6.07) is 9.71. The number of ether oxygens (including phenoxy) is 1. The van der Waals surface area contributed by atoms with Crippen molar-refractivity contribution in [2.75, 3.05) is 30.8 Å². The Morgan fingerprint density at radius 1 is 1.16 bits per heavy atom. The molecule has 0 radical (unpaired) electrons. The third-order valence-corrected chi connectivity index (χ3v) is 5.73. The summed E-state index contributed by atoms with van der Waals surface area (Å²) in [5, 5.41) is 9.91. The molecule has 1 saturated heterocycles. The number of nitrogens with one attached hydrogen (secondary N) is 2. The van der Waals surface area contributed by atoms with Crippen molar-refractivity contribution in [1.29, 1.82) is 0 Å². The summed E-state index contributed by atoms with van der Waals surface area (Å²) in [5.74, 6) is 0.00148. The maximum absolute atomic E-state index is 12.3. The van der Waals surface area contributed by atoms with Gasteiger partial charge in [-0.2, -0.15) is 5.10 Å². The molecule has 0 unspecified atom stereocenters. The molecule has 3 rings (SSSR count). The van der Waals surface area contributed by atoms with Crippen LogP contribution in [0.1, 0.15) is 19.8 Å². The molecule has 0 spiro atoms. The zero-order chi connectivity index (χ0) is 22.1. The van der Waals surface area contributed by atoms with Gasteiger partial charge >= 0.3 is 6.09 Å². The molecule has 2 N–H and O–H groups in total. The average Bonchev–Trinajstić information content (AvgIpc) is 3.20. The Balaban J connectivity index is 1.38. The molecule has 0 bridgehead atoms. The van der Waals surface area contributed by atoms with Crippen LogP contribution >= 0.6 is 11.8 Å². The Kier molecular flexibility index (Phi) is 8.34. The van der Waals surface area contributed by atoms with Crippen molar-refractivity contribution < 1.29 is 19.1 Å². The van der Waals surface area contributed by atoms with Gasteiger partial charge in [-0.15, -0.1) is 11.8 Å². The highest BCUT2D eigenvalue weighted by atomic mass is 32.2. The van der Waals surface area contributed by atoms with Crippen LogP contribution in [0.3, 0.4) is 0 Å². The summed E-state index contributed by atoms with van der Waals surface area (Å²) in [6.45, 7) is 3.31. The third kappa shape index (κ3) is 7.32. The second kappa shape index (κ2) is 11.4. The van der Waals surface area contributed by atoms with E-state index >= 15 is 0 Å². The second-order valence-corrected chi connectivity index (χ2v) is 8.15. The maximum atomic E-state index is 12.3. The molecule has 9 nitrogen and oxygen atoms in total. The van der Waals surface area contributed by atoms with Crippen molar-refractivity contribution in [2.45, 2.75) is 37.2 Å². The van der Waals surface area contributed by atoms with Crippen LogP contribution < -0.4 is 10.6 Å². The molecule has 1 aliphatic rings. The van der Waals surface area contributed by atoms with Gasteiger partial charge in [-0.05, 0) is 31.9 Å². The van der Waals surface area contributed by atoms with E-state index in [2.05, 4.69) is 15.7 Å². The van der Waals surface area contributed by atoms with E-state index in [0.29, 0.717) is 44.0 Å². The summed E-state index contributed by atoms with van der Waals surface area (Å²) < 4.78 is 6.49. The molecular weight excluding hydrogens is 418 g/mol. The molecule has 31 heavy (non-hydrogen) atoms. The smallest absolute Gasteiger partial charge is 0.409 e. The predicted octanol–water partition coefficient (Wildman–Crippen LogP) is 2.35. The lowest BCUT2D eigenvalue weighted by Gasteiger charge is -2.31. The highest BCUT2D eigenvalue weighted by Gasteiger charge is 2.24. The monoisotopic (exact) mass is 445 g/mol. The van der Waals surface area contributed by atoms with Crippen LogP contribution in [0.5, 0.6) is 0 Å². The molecule has 166 valence electrons. The highest BCUT2D eigenvalue weighted by Crippen LogP contribution is 2.17. The van der Waals surface area contributed by atoms with E-state index < -0.39 is 0 Å². The van der Waals surface area contributed by atoms with Gasteiger partial charge in [0, 0.05) is 30.2 Å². The second-order valence-electron chi connectivity index (χ2n) is 7.10. The number of benzene rings is 1. The fourth-order valence-electron chi connectivity index (χ4n) is 3.22. The minimum Gasteiger partial charge on any atom is -0.450 e. The SMILES string of the molecule is CCOC(=O)N1CCC(NC(=O)Cn2cc(NC(=O)CSc3ccccc3)cn2)CC1. The molecule has 2 aromatic rings. The lowest BCUT2D eigenvalue weighted by Crippen LogP contribution is -2.47. The van der Waals surface area contributed by atoms with Gasteiger partial charge in [0.1, 0.15) is 6.54 Å². The van der Waals surface area contributed by atoms with Crippen LogP contribution in [0, 0.1) is 0 Å². The Hall–Kier alpha value is -3.01. The van der Waals surface area contributed by atoms with Gasteiger partial charge in [0.05, 0.1) is 24.2 Å². The fourth-order valence-corrected chi connectivity index (χ4v) is 3.94. The van der Waals surface area contributed by atoms with Gasteiger partial charge in [-0.3, -0.25) is 14.3 Å². The van der Waals surface area contributed by atoms with Crippen LogP contribution in [-0.4, -0.2) is 64.1 Å². The number of aromatic nitrogens is 2. The summed E-state index contributed by atoms with van der Waals surface area (Å²) in [5.41, 5.74) is 0.550. The first-order valence-electron chi connectivity index (χ1n) is 10.2. The number of carbonyl (C=O) groups excluding carboxylic acids is 3. The minimum atomic E-state index is -0.305. The molecule has 1 aromatic carbocycles. The van der Waals surface area contributed by atoms with Crippen LogP contribution in [0.25, 0.3) is 0 Å². The van der Waals surface area contributed by atoms with Gasteiger partial charge < -0.3 is 20.3 Å². The molecule has 1 aliphatic heterocycles. The quantitative estimate of drug-likeness (QED) is 0.605. The van der Waals surface area contributed by atoms with Gasteiger partial charge in [-0.25, -0.2) is 4.79 Å². The van der Waals surface area contributed by atoms with Gasteiger partial charge in [0.25, 0.3) is 0 Å². The molecule has 1 aromatic heterocycles. The topological polar surface area (TPSA) is 106 Å². The maximum Gasteiger partial charge on any atom is 0.409 e. The van der Waals surface area contributed by atoms with Gasteiger partial charge in [0.2, 0.25) is 11.8 Å². The number of piperidine rings is 1. The zero-order valence-corrected chi connectivity index (χ0v) is 18.3. The third-order valence-electron chi connectivity index (χ3n) is 4.72. The normalized spacial score (nSPS) is 14.2. The summed E-state index contributed by atoms with van der Waals surface area (Å²) in [4.78, 5) is 38.8. The average molecular weight is 446 g/mol. The summed E-state index contributed by atoms with van der Waals surface area (Å²) in [6.07, 6.45) is 4.22. The lowest BCUT2D eigenvalue weighted by atomic mass is 10.1. The number of anilines is 1. The van der Waals surface area contributed by atoms with Crippen molar-refractivity contribution in [3.05, 3.63) is 42.7 Å². The Labute approximate surface area is 185 Å². The van der Waals surface area contributed by atoms with E-state index in [1.165, 1.54) is 22.6 Å². The molecule has 10 heteroatoms. The fraction of sp³-hybridized carbons (Fsp3) is 0.429. The number of likely N-dealkylation sites (tertiary alicyclic amines) is 1. The molecule has 3 amide bonds. The first kappa shape index (κ1) is 22.7. The largest absolute Gasteiger partial charge is 0.450 e. The van der Waals surface area contributed by atoms with Crippen molar-refractivity contribution in [3.8, 4) is 0 Å². The van der Waals surface area contributed by atoms with Gasteiger partial charge in [0.15, 0.2) is 0 Å².